The predicted molar refractivity (Wildman–Crippen MR) is 206 cm³/mol. The number of fused-ring (bicyclic) bond motifs is 1. The Morgan fingerprint density at radius 2 is 1.57 bits per heavy atom. The van der Waals surface area contributed by atoms with E-state index in [0.717, 1.165) is 18.3 Å². The molecular weight excluding hydrogens is 942 g/mol. The van der Waals surface area contributed by atoms with E-state index in [0.29, 0.717) is 61.1 Å². The van der Waals surface area contributed by atoms with Gasteiger partial charge in [-0.05, 0) is 125 Å². The second-order valence-electron chi connectivity index (χ2n) is 10.6. The number of hydrogen-bond donors (Lipinski definition) is 0. The van der Waals surface area contributed by atoms with Crippen LogP contribution in [0.5, 0.6) is 17.2 Å². The molecular formula is C35H31BrI2N2O8S. The highest BCUT2D eigenvalue weighted by Gasteiger charge is 2.35. The van der Waals surface area contributed by atoms with Crippen LogP contribution >= 0.6 is 72.4 Å². The summed E-state index contributed by atoms with van der Waals surface area (Å²) in [7, 11) is 3.06. The Balaban J connectivity index is 1.52. The Morgan fingerprint density at radius 3 is 2.18 bits per heavy atom. The normalized spacial score (nSPS) is 14.2. The Labute approximate surface area is 322 Å². The second-order valence-corrected chi connectivity index (χ2v) is 14.7. The van der Waals surface area contributed by atoms with Crippen LogP contribution < -0.4 is 29.1 Å². The second kappa shape index (κ2) is 16.2. The molecule has 256 valence electrons. The van der Waals surface area contributed by atoms with Gasteiger partial charge >= 0.3 is 11.9 Å². The molecule has 5 rings (SSSR count). The van der Waals surface area contributed by atoms with E-state index in [1.54, 1.807) is 45.0 Å². The van der Waals surface area contributed by atoms with Crippen LogP contribution in [0, 0.1) is 7.14 Å². The summed E-state index contributed by atoms with van der Waals surface area (Å²) in [5.41, 5.74) is 3.21. The maximum Gasteiger partial charge on any atom is 0.338 e. The minimum absolute atomic E-state index is 0.165. The number of rotatable bonds is 11. The summed E-state index contributed by atoms with van der Waals surface area (Å²) < 4.78 is 32.0. The summed E-state index contributed by atoms with van der Waals surface area (Å²) in [5, 5.41) is 0. The van der Waals surface area contributed by atoms with Crippen LogP contribution in [-0.4, -0.2) is 43.9 Å². The van der Waals surface area contributed by atoms with E-state index in [9.17, 15) is 14.4 Å². The van der Waals surface area contributed by atoms with Crippen LogP contribution in [0.15, 0.2) is 74.1 Å². The van der Waals surface area contributed by atoms with Crippen molar-refractivity contribution in [2.24, 2.45) is 4.99 Å². The van der Waals surface area contributed by atoms with Crippen molar-refractivity contribution in [2.75, 3.05) is 27.4 Å². The lowest BCUT2D eigenvalue weighted by molar-refractivity contribution is -0.139. The number of ether oxygens (including phenoxy) is 5. The summed E-state index contributed by atoms with van der Waals surface area (Å²) in [6, 6.07) is 13.7. The molecule has 0 spiro atoms. The number of esters is 2. The van der Waals surface area contributed by atoms with E-state index in [4.69, 9.17) is 23.7 Å². The van der Waals surface area contributed by atoms with E-state index < -0.39 is 12.0 Å². The molecule has 0 saturated heterocycles. The summed E-state index contributed by atoms with van der Waals surface area (Å²) in [4.78, 5) is 44.7. The first-order chi connectivity index (χ1) is 23.5. The zero-order chi connectivity index (χ0) is 35.4. The van der Waals surface area contributed by atoms with Crippen molar-refractivity contribution in [2.45, 2.75) is 33.4 Å². The van der Waals surface area contributed by atoms with Gasteiger partial charge in [0.15, 0.2) is 16.3 Å². The lowest BCUT2D eigenvalue weighted by atomic mass is 9.95. The standard InChI is InChI=1S/C35H31BrI2N2O8S/c1-6-46-33(42)21-10-8-19(9-11-21)17-48-31-24(37)12-20(13-25(31)38)14-28-32(41)40-30(22-15-26(44-4)27(45-5)16-23(22)36)29(34(43)47-7-2)18(3)39-35(40)49-28/h8-16,30H,6-7,17H2,1-5H3/b28-14-/t30-/m1/s1. The molecule has 3 aromatic carbocycles. The Hall–Kier alpha value is -3.22. The lowest BCUT2D eigenvalue weighted by Gasteiger charge is -2.26. The number of halogens is 3. The topological polar surface area (TPSA) is 115 Å². The van der Waals surface area contributed by atoms with Crippen LogP contribution in [0.2, 0.25) is 0 Å². The van der Waals surface area contributed by atoms with Crippen molar-refractivity contribution in [1.29, 1.82) is 0 Å². The molecule has 4 aromatic rings. The predicted octanol–water partition coefficient (Wildman–Crippen LogP) is 6.54. The minimum Gasteiger partial charge on any atom is -0.493 e. The molecule has 14 heteroatoms. The fourth-order valence-corrected chi connectivity index (χ4v) is 8.94. The van der Waals surface area contributed by atoms with E-state index in [1.807, 2.05) is 30.3 Å². The summed E-state index contributed by atoms with van der Waals surface area (Å²) in [5.74, 6) is 0.732. The molecule has 0 unspecified atom stereocenters. The Kier molecular flexibility index (Phi) is 12.3. The van der Waals surface area contributed by atoms with Gasteiger partial charge in [-0.3, -0.25) is 9.36 Å². The van der Waals surface area contributed by atoms with Gasteiger partial charge in [0.2, 0.25) is 0 Å². The van der Waals surface area contributed by atoms with Gasteiger partial charge in [0.25, 0.3) is 5.56 Å². The molecule has 1 aliphatic heterocycles. The molecule has 0 radical (unpaired) electrons. The van der Waals surface area contributed by atoms with Gasteiger partial charge in [-0.25, -0.2) is 14.6 Å². The third-order valence-electron chi connectivity index (χ3n) is 7.48. The molecule has 0 saturated carbocycles. The molecule has 10 nitrogen and oxygen atoms in total. The van der Waals surface area contributed by atoms with Crippen molar-refractivity contribution in [3.63, 3.8) is 0 Å². The quantitative estimate of drug-likeness (QED) is 0.123. The smallest absolute Gasteiger partial charge is 0.338 e. The van der Waals surface area contributed by atoms with Crippen LogP contribution in [0.3, 0.4) is 0 Å². The number of nitrogens with zero attached hydrogens (tertiary/aromatic N) is 2. The van der Waals surface area contributed by atoms with E-state index in [2.05, 4.69) is 66.1 Å². The third-order valence-corrected chi connectivity index (χ3v) is 10.8. The highest BCUT2D eigenvalue weighted by Crippen LogP contribution is 2.41. The van der Waals surface area contributed by atoms with Crippen molar-refractivity contribution in [3.8, 4) is 17.2 Å². The molecule has 2 heterocycles. The van der Waals surface area contributed by atoms with Crippen LogP contribution in [0.1, 0.15) is 53.9 Å². The first-order valence-electron chi connectivity index (χ1n) is 15.0. The van der Waals surface area contributed by atoms with E-state index in [-0.39, 0.29) is 23.7 Å². The Bertz CT molecular complexity index is 2120. The fraction of sp³-hybridized carbons (Fsp3) is 0.257. The molecule has 1 aromatic heterocycles. The maximum absolute atomic E-state index is 14.2. The van der Waals surface area contributed by atoms with Crippen molar-refractivity contribution in [1.82, 2.24) is 4.57 Å². The lowest BCUT2D eigenvalue weighted by Crippen LogP contribution is -2.40. The molecule has 0 N–H and O–H groups in total. The number of benzene rings is 3. The molecule has 0 bridgehead atoms. The highest BCUT2D eigenvalue weighted by molar-refractivity contribution is 14.1. The summed E-state index contributed by atoms with van der Waals surface area (Å²) in [6.07, 6.45) is 1.82. The van der Waals surface area contributed by atoms with Gasteiger partial charge in [-0.2, -0.15) is 0 Å². The van der Waals surface area contributed by atoms with Crippen LogP contribution in [-0.2, 0) is 20.9 Å². The average molecular weight is 973 g/mol. The molecule has 1 atom stereocenters. The van der Waals surface area contributed by atoms with Crippen molar-refractivity contribution < 1.29 is 33.3 Å². The Morgan fingerprint density at radius 1 is 0.959 bits per heavy atom. The van der Waals surface area contributed by atoms with Crippen molar-refractivity contribution >= 4 is 90.5 Å². The highest BCUT2D eigenvalue weighted by atomic mass is 127. The number of allylic oxidation sites excluding steroid dienone is 1. The van der Waals surface area contributed by atoms with Crippen molar-refractivity contribution in [3.05, 3.63) is 113 Å². The first kappa shape index (κ1) is 37.0. The number of thiazole rings is 1. The number of hydrogen-bond acceptors (Lipinski definition) is 10. The summed E-state index contributed by atoms with van der Waals surface area (Å²) in [6.45, 7) is 6.03. The number of carbonyl (C=O) groups excluding carboxylic acids is 2. The monoisotopic (exact) mass is 972 g/mol. The average Bonchev–Trinajstić information content (AvgIpc) is 3.37. The molecule has 0 amide bonds. The molecule has 1 aliphatic rings. The zero-order valence-electron chi connectivity index (χ0n) is 27.1. The first-order valence-corrected chi connectivity index (χ1v) is 18.8. The van der Waals surface area contributed by atoms with Gasteiger partial charge in [0, 0.05) is 4.47 Å². The van der Waals surface area contributed by atoms with Gasteiger partial charge in [-0.1, -0.05) is 39.4 Å². The molecule has 0 aliphatic carbocycles. The largest absolute Gasteiger partial charge is 0.493 e. The molecule has 49 heavy (non-hydrogen) atoms. The van der Waals surface area contributed by atoms with Gasteiger partial charge in [0.05, 0.1) is 62.0 Å². The SMILES string of the molecule is CCOC(=O)C1=C(C)N=c2s/c(=C\c3cc(I)c(OCc4ccc(C(=O)OCC)cc4)c(I)c3)c(=O)n2[C@@H]1c1cc(OC)c(OC)cc1Br. The zero-order valence-corrected chi connectivity index (χ0v) is 33.8. The third kappa shape index (κ3) is 7.91. The molecule has 0 fully saturated rings. The fourth-order valence-electron chi connectivity index (χ4n) is 5.22. The summed E-state index contributed by atoms with van der Waals surface area (Å²) >= 11 is 9.31. The van der Waals surface area contributed by atoms with Crippen LogP contribution in [0.4, 0.5) is 0 Å². The van der Waals surface area contributed by atoms with Gasteiger partial charge < -0.3 is 23.7 Å². The number of methoxy groups -OCH3 is 2. The van der Waals surface area contributed by atoms with E-state index >= 15 is 0 Å². The van der Waals surface area contributed by atoms with Gasteiger partial charge in [-0.15, -0.1) is 0 Å². The van der Waals surface area contributed by atoms with E-state index in [1.165, 1.54) is 30.1 Å². The van der Waals surface area contributed by atoms with Gasteiger partial charge in [0.1, 0.15) is 12.4 Å². The van der Waals surface area contributed by atoms with Crippen LogP contribution in [0.25, 0.3) is 6.08 Å². The minimum atomic E-state index is -0.839. The maximum atomic E-state index is 14.2. The number of carbonyl (C=O) groups is 2. The number of aromatic nitrogens is 1.